The van der Waals surface area contributed by atoms with Crippen molar-refractivity contribution in [3.05, 3.63) is 58.1 Å². The van der Waals surface area contributed by atoms with Crippen LogP contribution in [0.25, 0.3) is 0 Å². The Hall–Kier alpha value is -1.66. The quantitative estimate of drug-likeness (QED) is 0.836. The number of ketones is 1. The molecular weight excluding hydrogens is 354 g/mol. The Morgan fingerprint density at radius 2 is 1.71 bits per heavy atom. The van der Waals surface area contributed by atoms with Crippen LogP contribution in [0.5, 0.6) is 0 Å². The summed E-state index contributed by atoms with van der Waals surface area (Å²) in [5.41, 5.74) is 1.61. The maximum Gasteiger partial charge on any atom is 0.262 e. The summed E-state index contributed by atoms with van der Waals surface area (Å²) >= 11 is 3.27. The van der Waals surface area contributed by atoms with Crippen molar-refractivity contribution in [3.8, 4) is 0 Å². The van der Waals surface area contributed by atoms with E-state index < -0.39 is 10.0 Å². The van der Waals surface area contributed by atoms with Crippen molar-refractivity contribution in [1.82, 2.24) is 0 Å². The molecule has 0 fully saturated rings. The van der Waals surface area contributed by atoms with Gasteiger partial charge in [0.1, 0.15) is 0 Å². The molecule has 0 radical (unpaired) electrons. The first-order chi connectivity index (χ1) is 9.79. The van der Waals surface area contributed by atoms with Crippen LogP contribution in [0.2, 0.25) is 0 Å². The lowest BCUT2D eigenvalue weighted by molar-refractivity contribution is 0.101. The molecule has 0 saturated heterocycles. The van der Waals surface area contributed by atoms with Crippen molar-refractivity contribution in [2.75, 3.05) is 4.72 Å². The molecule has 0 aromatic heterocycles. The van der Waals surface area contributed by atoms with Crippen molar-refractivity contribution in [2.45, 2.75) is 18.7 Å². The fraction of sp³-hybridized carbons (Fsp3) is 0.133. The Kier molecular flexibility index (Phi) is 4.49. The van der Waals surface area contributed by atoms with E-state index in [9.17, 15) is 13.2 Å². The van der Waals surface area contributed by atoms with Crippen molar-refractivity contribution < 1.29 is 13.2 Å². The van der Waals surface area contributed by atoms with Crippen LogP contribution in [-0.2, 0) is 10.0 Å². The molecule has 0 aliphatic carbocycles. The van der Waals surface area contributed by atoms with E-state index in [-0.39, 0.29) is 10.7 Å². The standard InChI is InChI=1S/C15H14BrNO3S/c1-10-3-6-13(16)9-15(10)21(19,20)17-14-7-4-12(5-8-14)11(2)18/h3-9,17H,1-2H3. The number of anilines is 1. The molecule has 4 nitrogen and oxygen atoms in total. The normalized spacial score (nSPS) is 11.2. The Bertz CT molecular complexity index is 783. The van der Waals surface area contributed by atoms with Crippen LogP contribution >= 0.6 is 15.9 Å². The first-order valence-electron chi connectivity index (χ1n) is 6.19. The number of hydrogen-bond donors (Lipinski definition) is 1. The molecule has 0 amide bonds. The fourth-order valence-electron chi connectivity index (χ4n) is 1.85. The van der Waals surface area contributed by atoms with Crippen LogP contribution in [0.3, 0.4) is 0 Å². The van der Waals surface area contributed by atoms with E-state index in [1.54, 1.807) is 49.4 Å². The van der Waals surface area contributed by atoms with Gasteiger partial charge in [-0.05, 0) is 55.8 Å². The lowest BCUT2D eigenvalue weighted by Gasteiger charge is -2.11. The number of carbonyl (C=O) groups is 1. The summed E-state index contributed by atoms with van der Waals surface area (Å²) in [6.07, 6.45) is 0. The Morgan fingerprint density at radius 1 is 1.10 bits per heavy atom. The molecule has 0 unspecified atom stereocenters. The second kappa shape index (κ2) is 5.99. The first-order valence-corrected chi connectivity index (χ1v) is 8.47. The maximum atomic E-state index is 12.4. The SMILES string of the molecule is CC(=O)c1ccc(NS(=O)(=O)c2cc(Br)ccc2C)cc1. The predicted octanol–water partition coefficient (Wildman–Crippen LogP) is 3.76. The highest BCUT2D eigenvalue weighted by molar-refractivity contribution is 9.10. The molecule has 2 rings (SSSR count). The van der Waals surface area contributed by atoms with Crippen LogP contribution < -0.4 is 4.72 Å². The van der Waals surface area contributed by atoms with Crippen molar-refractivity contribution >= 4 is 37.4 Å². The Labute approximate surface area is 132 Å². The van der Waals surface area contributed by atoms with E-state index in [4.69, 9.17) is 0 Å². The number of Topliss-reactive ketones (excluding diaryl/α,β-unsaturated/α-hetero) is 1. The molecule has 0 aliphatic rings. The van der Waals surface area contributed by atoms with Crippen LogP contribution in [0.4, 0.5) is 5.69 Å². The van der Waals surface area contributed by atoms with Crippen molar-refractivity contribution in [1.29, 1.82) is 0 Å². The highest BCUT2D eigenvalue weighted by Gasteiger charge is 2.17. The van der Waals surface area contributed by atoms with E-state index >= 15 is 0 Å². The summed E-state index contributed by atoms with van der Waals surface area (Å²) < 4.78 is 28.0. The minimum absolute atomic E-state index is 0.0627. The van der Waals surface area contributed by atoms with Crippen molar-refractivity contribution in [2.24, 2.45) is 0 Å². The number of nitrogens with one attached hydrogen (secondary N) is 1. The molecule has 0 saturated carbocycles. The number of carbonyl (C=O) groups excluding carboxylic acids is 1. The average molecular weight is 368 g/mol. The molecule has 0 bridgehead atoms. The van der Waals surface area contributed by atoms with Gasteiger partial charge in [0, 0.05) is 15.7 Å². The zero-order valence-corrected chi connectivity index (χ0v) is 14.0. The van der Waals surface area contributed by atoms with E-state index in [1.165, 1.54) is 6.92 Å². The zero-order valence-electron chi connectivity index (χ0n) is 11.6. The van der Waals surface area contributed by atoms with Gasteiger partial charge in [-0.15, -0.1) is 0 Å². The molecule has 21 heavy (non-hydrogen) atoms. The van der Waals surface area contributed by atoms with Gasteiger partial charge in [-0.1, -0.05) is 22.0 Å². The highest BCUT2D eigenvalue weighted by atomic mass is 79.9. The Morgan fingerprint density at radius 3 is 2.29 bits per heavy atom. The Balaban J connectivity index is 2.33. The number of rotatable bonds is 4. The molecule has 0 aliphatic heterocycles. The van der Waals surface area contributed by atoms with Gasteiger partial charge >= 0.3 is 0 Å². The largest absolute Gasteiger partial charge is 0.295 e. The van der Waals surface area contributed by atoms with Gasteiger partial charge in [-0.2, -0.15) is 0 Å². The second-order valence-corrected chi connectivity index (χ2v) is 7.22. The molecule has 0 heterocycles. The molecule has 2 aromatic carbocycles. The summed E-state index contributed by atoms with van der Waals surface area (Å²) in [5.74, 6) is -0.0627. The van der Waals surface area contributed by atoms with Crippen LogP contribution in [0, 0.1) is 6.92 Å². The third-order valence-electron chi connectivity index (χ3n) is 2.98. The van der Waals surface area contributed by atoms with Crippen LogP contribution in [-0.4, -0.2) is 14.2 Å². The summed E-state index contributed by atoms with van der Waals surface area (Å²) in [7, 11) is -3.66. The molecule has 0 atom stereocenters. The molecule has 2 aromatic rings. The van der Waals surface area contributed by atoms with Gasteiger partial charge < -0.3 is 0 Å². The zero-order chi connectivity index (χ0) is 15.6. The third-order valence-corrected chi connectivity index (χ3v) is 5.00. The number of sulfonamides is 1. The predicted molar refractivity (Wildman–Crippen MR) is 86.1 cm³/mol. The maximum absolute atomic E-state index is 12.4. The first kappa shape index (κ1) is 15.7. The summed E-state index contributed by atoms with van der Waals surface area (Å²) in [6.45, 7) is 3.20. The second-order valence-electron chi connectivity index (χ2n) is 4.65. The lowest BCUT2D eigenvalue weighted by Crippen LogP contribution is -2.14. The van der Waals surface area contributed by atoms with Gasteiger partial charge in [0.15, 0.2) is 5.78 Å². The fourth-order valence-corrected chi connectivity index (χ4v) is 3.69. The highest BCUT2D eigenvalue weighted by Crippen LogP contribution is 2.23. The van der Waals surface area contributed by atoms with E-state index in [2.05, 4.69) is 20.7 Å². The summed E-state index contributed by atoms with van der Waals surface area (Å²) in [5, 5.41) is 0. The third kappa shape index (κ3) is 3.71. The minimum atomic E-state index is -3.66. The molecular formula is C15H14BrNO3S. The summed E-state index contributed by atoms with van der Waals surface area (Å²) in [4.78, 5) is 11.4. The monoisotopic (exact) mass is 367 g/mol. The van der Waals surface area contributed by atoms with Gasteiger partial charge in [0.2, 0.25) is 0 Å². The van der Waals surface area contributed by atoms with Gasteiger partial charge in [0.25, 0.3) is 10.0 Å². The molecule has 6 heteroatoms. The molecule has 110 valence electrons. The molecule has 1 N–H and O–H groups in total. The number of hydrogen-bond acceptors (Lipinski definition) is 3. The van der Waals surface area contributed by atoms with Crippen molar-refractivity contribution in [3.63, 3.8) is 0 Å². The van der Waals surface area contributed by atoms with Gasteiger partial charge in [0.05, 0.1) is 4.90 Å². The van der Waals surface area contributed by atoms with E-state index in [0.717, 1.165) is 0 Å². The number of benzene rings is 2. The van der Waals surface area contributed by atoms with Crippen LogP contribution in [0.15, 0.2) is 51.8 Å². The van der Waals surface area contributed by atoms with E-state index in [0.29, 0.717) is 21.3 Å². The smallest absolute Gasteiger partial charge is 0.262 e. The topological polar surface area (TPSA) is 63.2 Å². The van der Waals surface area contributed by atoms with Crippen LogP contribution in [0.1, 0.15) is 22.8 Å². The number of aryl methyl sites for hydroxylation is 1. The number of halogens is 1. The average Bonchev–Trinajstić information content (AvgIpc) is 2.41. The van der Waals surface area contributed by atoms with Gasteiger partial charge in [-0.3, -0.25) is 9.52 Å². The van der Waals surface area contributed by atoms with Gasteiger partial charge in [-0.25, -0.2) is 8.42 Å². The lowest BCUT2D eigenvalue weighted by atomic mass is 10.1. The minimum Gasteiger partial charge on any atom is -0.295 e. The van der Waals surface area contributed by atoms with E-state index in [1.807, 2.05) is 0 Å². The molecule has 0 spiro atoms. The summed E-state index contributed by atoms with van der Waals surface area (Å²) in [6, 6.07) is 11.4.